The Bertz CT molecular complexity index is 1060. The number of pyridine rings is 1. The van der Waals surface area contributed by atoms with Gasteiger partial charge in [0, 0.05) is 29.7 Å². The summed E-state index contributed by atoms with van der Waals surface area (Å²) in [6, 6.07) is 6.33. The van der Waals surface area contributed by atoms with Crippen molar-refractivity contribution in [2.24, 2.45) is 0 Å². The summed E-state index contributed by atoms with van der Waals surface area (Å²) in [7, 11) is 0. The van der Waals surface area contributed by atoms with Gasteiger partial charge in [0.1, 0.15) is 0 Å². The number of carbonyl (C=O) groups excluding carboxylic acids is 1. The van der Waals surface area contributed by atoms with Gasteiger partial charge in [0.25, 0.3) is 5.91 Å². The molecule has 4 rings (SSSR count). The first-order chi connectivity index (χ1) is 14.0. The molecule has 1 aromatic carbocycles. The number of hydrogen-bond donors (Lipinski definition) is 1. The molecule has 0 spiro atoms. The molecular weight excluding hydrogens is 364 g/mol. The molecule has 6 heteroatoms. The number of benzene rings is 1. The van der Waals surface area contributed by atoms with E-state index in [4.69, 9.17) is 10.1 Å². The topological polar surface area (TPSA) is 71.2 Å². The molecule has 0 aliphatic carbocycles. The average Bonchev–Trinajstić information content (AvgIpc) is 3.16. The predicted molar refractivity (Wildman–Crippen MR) is 114 cm³/mol. The number of aryl methyl sites for hydroxylation is 2. The van der Waals surface area contributed by atoms with Crippen molar-refractivity contribution in [3.63, 3.8) is 0 Å². The van der Waals surface area contributed by atoms with Gasteiger partial charge in [-0.25, -0.2) is 4.98 Å². The zero-order valence-corrected chi connectivity index (χ0v) is 17.4. The van der Waals surface area contributed by atoms with Crippen molar-refractivity contribution < 1.29 is 9.90 Å². The summed E-state index contributed by atoms with van der Waals surface area (Å²) >= 11 is 0. The Morgan fingerprint density at radius 1 is 1.24 bits per heavy atom. The van der Waals surface area contributed by atoms with Crippen LogP contribution in [0.5, 0.6) is 0 Å². The summed E-state index contributed by atoms with van der Waals surface area (Å²) in [6.07, 6.45) is 6.89. The standard InChI is InChI=1S/C23H28N4O2/c1-15-10-16(2)22-19(11-15)20(23(29)27-7-5-4-6-17(27)3)12-21(25-22)18-13-24-26(14-18)8-9-28/h10-14,17,28H,4-9H2,1-3H3. The molecule has 0 radical (unpaired) electrons. The summed E-state index contributed by atoms with van der Waals surface area (Å²) < 4.78 is 1.69. The zero-order valence-electron chi connectivity index (χ0n) is 17.4. The van der Waals surface area contributed by atoms with Crippen LogP contribution >= 0.6 is 0 Å². The molecule has 0 bridgehead atoms. The number of aromatic nitrogens is 3. The van der Waals surface area contributed by atoms with Gasteiger partial charge in [0.05, 0.1) is 36.1 Å². The first-order valence-corrected chi connectivity index (χ1v) is 10.3. The van der Waals surface area contributed by atoms with Crippen molar-refractivity contribution in [3.05, 3.63) is 47.3 Å². The molecule has 29 heavy (non-hydrogen) atoms. The van der Waals surface area contributed by atoms with Crippen molar-refractivity contribution in [1.82, 2.24) is 19.7 Å². The number of likely N-dealkylation sites (tertiary alicyclic amines) is 1. The molecule has 2 aromatic heterocycles. The Balaban J connectivity index is 1.87. The Hall–Kier alpha value is -2.73. The van der Waals surface area contributed by atoms with Crippen LogP contribution in [-0.4, -0.2) is 49.9 Å². The Kier molecular flexibility index (Phi) is 5.37. The number of rotatable bonds is 4. The maximum absolute atomic E-state index is 13.6. The second kappa shape index (κ2) is 7.95. The molecule has 1 amide bonds. The monoisotopic (exact) mass is 392 g/mol. The Morgan fingerprint density at radius 2 is 2.07 bits per heavy atom. The maximum atomic E-state index is 13.6. The van der Waals surface area contributed by atoms with Crippen LogP contribution in [0.2, 0.25) is 0 Å². The van der Waals surface area contributed by atoms with Crippen molar-refractivity contribution in [1.29, 1.82) is 0 Å². The molecular formula is C23H28N4O2. The van der Waals surface area contributed by atoms with Crippen molar-refractivity contribution in [2.45, 2.75) is 52.6 Å². The van der Waals surface area contributed by atoms with Gasteiger partial charge in [0.15, 0.2) is 0 Å². The second-order valence-electron chi connectivity index (χ2n) is 8.09. The van der Waals surface area contributed by atoms with E-state index in [1.807, 2.05) is 24.1 Å². The van der Waals surface area contributed by atoms with Crippen LogP contribution in [0.3, 0.4) is 0 Å². The minimum absolute atomic E-state index is 0.0290. The van der Waals surface area contributed by atoms with E-state index in [1.54, 1.807) is 10.9 Å². The average molecular weight is 393 g/mol. The van der Waals surface area contributed by atoms with Crippen molar-refractivity contribution >= 4 is 16.8 Å². The van der Waals surface area contributed by atoms with E-state index in [9.17, 15) is 4.79 Å². The molecule has 1 unspecified atom stereocenters. The first kappa shape index (κ1) is 19.6. The van der Waals surface area contributed by atoms with Crippen LogP contribution in [0.15, 0.2) is 30.6 Å². The van der Waals surface area contributed by atoms with Crippen LogP contribution in [0.1, 0.15) is 47.7 Å². The van der Waals surface area contributed by atoms with Crippen LogP contribution in [0, 0.1) is 13.8 Å². The lowest BCUT2D eigenvalue weighted by molar-refractivity contribution is 0.0637. The van der Waals surface area contributed by atoms with E-state index in [1.165, 1.54) is 6.42 Å². The molecule has 0 saturated carbocycles. The molecule has 6 nitrogen and oxygen atoms in total. The van der Waals surface area contributed by atoms with Crippen LogP contribution in [0.25, 0.3) is 22.2 Å². The van der Waals surface area contributed by atoms with Gasteiger partial charge in [-0.1, -0.05) is 11.6 Å². The third-order valence-electron chi connectivity index (χ3n) is 5.80. The van der Waals surface area contributed by atoms with E-state index in [0.29, 0.717) is 12.1 Å². The molecule has 152 valence electrons. The molecule has 1 fully saturated rings. The minimum Gasteiger partial charge on any atom is -0.394 e. The normalized spacial score (nSPS) is 17.1. The lowest BCUT2D eigenvalue weighted by Crippen LogP contribution is -2.42. The molecule has 1 atom stereocenters. The molecule has 3 aromatic rings. The molecule has 1 N–H and O–H groups in total. The van der Waals surface area contributed by atoms with Crippen molar-refractivity contribution in [2.75, 3.05) is 13.2 Å². The summed E-state index contributed by atoms with van der Waals surface area (Å²) in [4.78, 5) is 20.5. The molecule has 3 heterocycles. The molecule has 1 aliphatic rings. The van der Waals surface area contributed by atoms with Gasteiger partial charge >= 0.3 is 0 Å². The third-order valence-corrected chi connectivity index (χ3v) is 5.80. The van der Waals surface area contributed by atoms with Crippen LogP contribution < -0.4 is 0 Å². The summed E-state index contributed by atoms with van der Waals surface area (Å²) in [5.41, 5.74) is 5.34. The van der Waals surface area contributed by atoms with E-state index in [-0.39, 0.29) is 18.6 Å². The highest BCUT2D eigenvalue weighted by molar-refractivity contribution is 6.08. The number of carbonyl (C=O) groups is 1. The van der Waals surface area contributed by atoms with Crippen LogP contribution in [0.4, 0.5) is 0 Å². The lowest BCUT2D eigenvalue weighted by atomic mass is 9.97. The highest BCUT2D eigenvalue weighted by Gasteiger charge is 2.26. The number of nitrogens with zero attached hydrogens (tertiary/aromatic N) is 4. The van der Waals surface area contributed by atoms with E-state index >= 15 is 0 Å². The summed E-state index contributed by atoms with van der Waals surface area (Å²) in [5.74, 6) is 0.0820. The highest BCUT2D eigenvalue weighted by Crippen LogP contribution is 2.30. The Morgan fingerprint density at radius 3 is 2.83 bits per heavy atom. The SMILES string of the molecule is Cc1cc(C)c2nc(-c3cnn(CCO)c3)cc(C(=O)N3CCCCC3C)c2c1. The van der Waals surface area contributed by atoms with Crippen LogP contribution in [-0.2, 0) is 6.54 Å². The second-order valence-corrected chi connectivity index (χ2v) is 8.09. The maximum Gasteiger partial charge on any atom is 0.254 e. The number of aliphatic hydroxyl groups is 1. The third kappa shape index (κ3) is 3.77. The Labute approximate surface area is 171 Å². The van der Waals surface area contributed by atoms with Gasteiger partial charge in [-0.2, -0.15) is 5.10 Å². The fraction of sp³-hybridized carbons (Fsp3) is 0.435. The number of fused-ring (bicyclic) bond motifs is 1. The number of aliphatic hydroxyl groups excluding tert-OH is 1. The number of amides is 1. The highest BCUT2D eigenvalue weighted by atomic mass is 16.3. The van der Waals surface area contributed by atoms with Gasteiger partial charge in [-0.3, -0.25) is 9.48 Å². The quantitative estimate of drug-likeness (QED) is 0.735. The van der Waals surface area contributed by atoms with E-state index in [2.05, 4.69) is 31.1 Å². The van der Waals surface area contributed by atoms with Gasteiger partial charge in [-0.05, 0) is 57.7 Å². The smallest absolute Gasteiger partial charge is 0.254 e. The fourth-order valence-electron chi connectivity index (χ4n) is 4.28. The van der Waals surface area contributed by atoms with Gasteiger partial charge in [-0.15, -0.1) is 0 Å². The lowest BCUT2D eigenvalue weighted by Gasteiger charge is -2.33. The summed E-state index contributed by atoms with van der Waals surface area (Å²) in [6.45, 7) is 7.50. The first-order valence-electron chi connectivity index (χ1n) is 10.3. The predicted octanol–water partition coefficient (Wildman–Crippen LogP) is 3.72. The van der Waals surface area contributed by atoms with Gasteiger partial charge in [0.2, 0.25) is 0 Å². The zero-order chi connectivity index (χ0) is 20.5. The minimum atomic E-state index is 0.0290. The van der Waals surface area contributed by atoms with Crippen molar-refractivity contribution in [3.8, 4) is 11.3 Å². The fourth-order valence-corrected chi connectivity index (χ4v) is 4.28. The number of piperidine rings is 1. The van der Waals surface area contributed by atoms with Gasteiger partial charge < -0.3 is 10.0 Å². The molecule has 1 saturated heterocycles. The molecule has 1 aliphatic heterocycles. The number of hydrogen-bond acceptors (Lipinski definition) is 4. The van der Waals surface area contributed by atoms with E-state index in [0.717, 1.165) is 52.7 Å². The largest absolute Gasteiger partial charge is 0.394 e. The summed E-state index contributed by atoms with van der Waals surface area (Å²) in [5, 5.41) is 14.4. The van der Waals surface area contributed by atoms with E-state index < -0.39 is 0 Å².